The smallest absolute Gasteiger partial charge is 0.242 e. The van der Waals surface area contributed by atoms with E-state index in [0.717, 1.165) is 11.4 Å². The number of thiazole rings is 1. The summed E-state index contributed by atoms with van der Waals surface area (Å²) in [5, 5.41) is 5.35. The Morgan fingerprint density at radius 1 is 1.35 bits per heavy atom. The molecule has 0 bridgehead atoms. The van der Waals surface area contributed by atoms with Crippen LogP contribution in [0.4, 0.5) is 0 Å². The minimum Gasteiger partial charge on any atom is -0.382 e. The molecule has 2 aromatic rings. The Bertz CT molecular complexity index is 658. The number of hydrogen-bond acceptors (Lipinski definition) is 5. The highest BCUT2D eigenvalue weighted by atomic mass is 32.1. The van der Waals surface area contributed by atoms with Gasteiger partial charge in [0.15, 0.2) is 0 Å². The van der Waals surface area contributed by atoms with Gasteiger partial charge in [0.1, 0.15) is 6.04 Å². The van der Waals surface area contributed by atoms with E-state index >= 15 is 0 Å². The summed E-state index contributed by atoms with van der Waals surface area (Å²) >= 11 is 1.51. The molecule has 1 aromatic carbocycles. The minimum absolute atomic E-state index is 0.0530. The van der Waals surface area contributed by atoms with Crippen molar-refractivity contribution in [2.45, 2.75) is 18.9 Å². The van der Waals surface area contributed by atoms with E-state index in [4.69, 9.17) is 10.5 Å². The van der Waals surface area contributed by atoms with Crippen LogP contribution in [0.3, 0.4) is 0 Å². The first kappa shape index (κ1) is 17.1. The van der Waals surface area contributed by atoms with Gasteiger partial charge < -0.3 is 15.8 Å². The van der Waals surface area contributed by atoms with Crippen molar-refractivity contribution in [2.75, 3.05) is 13.7 Å². The molecule has 0 aliphatic heterocycles. The highest BCUT2D eigenvalue weighted by Crippen LogP contribution is 2.15. The van der Waals surface area contributed by atoms with Crippen LogP contribution in [0.25, 0.3) is 0 Å². The summed E-state index contributed by atoms with van der Waals surface area (Å²) in [4.78, 5) is 27.6. The van der Waals surface area contributed by atoms with Crippen LogP contribution in [0.5, 0.6) is 0 Å². The van der Waals surface area contributed by atoms with Gasteiger partial charge in [0.05, 0.1) is 23.7 Å². The maximum absolute atomic E-state index is 12.0. The van der Waals surface area contributed by atoms with Gasteiger partial charge in [-0.15, -0.1) is 11.3 Å². The van der Waals surface area contributed by atoms with E-state index in [0.29, 0.717) is 5.69 Å². The van der Waals surface area contributed by atoms with Crippen molar-refractivity contribution in [3.8, 4) is 0 Å². The Morgan fingerprint density at radius 3 is 2.74 bits per heavy atom. The van der Waals surface area contributed by atoms with E-state index in [1.54, 1.807) is 0 Å². The van der Waals surface area contributed by atoms with Crippen LogP contribution in [0.1, 0.15) is 16.3 Å². The molecule has 1 aromatic heterocycles. The summed E-state index contributed by atoms with van der Waals surface area (Å²) in [5.41, 5.74) is 7.06. The molecule has 0 radical (unpaired) electrons. The van der Waals surface area contributed by atoms with E-state index in [1.807, 2.05) is 35.7 Å². The van der Waals surface area contributed by atoms with E-state index < -0.39 is 11.9 Å². The molecule has 122 valence electrons. The maximum Gasteiger partial charge on any atom is 0.242 e. The first-order valence-corrected chi connectivity index (χ1v) is 8.01. The quantitative estimate of drug-likeness (QED) is 0.750. The van der Waals surface area contributed by atoms with E-state index in [-0.39, 0.29) is 18.9 Å². The third-order valence-electron chi connectivity index (χ3n) is 3.15. The first-order chi connectivity index (χ1) is 11.1. The molecule has 0 spiro atoms. The van der Waals surface area contributed by atoms with Gasteiger partial charge in [-0.3, -0.25) is 9.59 Å². The topological polar surface area (TPSA) is 94.3 Å². The van der Waals surface area contributed by atoms with Gasteiger partial charge >= 0.3 is 0 Å². The number of nitrogens with two attached hydrogens (primary N) is 1. The van der Waals surface area contributed by atoms with Crippen molar-refractivity contribution in [2.24, 2.45) is 5.73 Å². The lowest BCUT2D eigenvalue weighted by molar-refractivity contribution is -0.128. The van der Waals surface area contributed by atoms with E-state index in [2.05, 4.69) is 10.3 Å². The number of carbonyl (C=O) groups excluding carboxylic acids is 2. The van der Waals surface area contributed by atoms with Crippen molar-refractivity contribution in [3.63, 3.8) is 0 Å². The Hall–Kier alpha value is -2.25. The second-order valence-electron chi connectivity index (χ2n) is 5.05. The number of ether oxygens (including phenoxy) is 1. The van der Waals surface area contributed by atoms with Crippen LogP contribution in [0.2, 0.25) is 0 Å². The largest absolute Gasteiger partial charge is 0.382 e. The fourth-order valence-corrected chi connectivity index (χ4v) is 2.88. The van der Waals surface area contributed by atoms with Crippen molar-refractivity contribution in [1.29, 1.82) is 0 Å². The summed E-state index contributed by atoms with van der Waals surface area (Å²) in [6.07, 6.45) is 0.847. The zero-order chi connectivity index (χ0) is 16.7. The van der Waals surface area contributed by atoms with Gasteiger partial charge in [-0.05, 0) is 5.56 Å². The Balaban J connectivity index is 1.90. The van der Waals surface area contributed by atoms with Crippen molar-refractivity contribution < 1.29 is 14.3 Å². The van der Waals surface area contributed by atoms with Crippen molar-refractivity contribution in [3.05, 3.63) is 52.0 Å². The number of aromatic nitrogens is 1. The monoisotopic (exact) mass is 333 g/mol. The summed E-state index contributed by atoms with van der Waals surface area (Å²) in [7, 11) is 1.44. The minimum atomic E-state index is -0.824. The number of primary amides is 1. The molecule has 0 fully saturated rings. The number of hydrogen-bond donors (Lipinski definition) is 2. The molecular formula is C16H19N3O3S. The zero-order valence-electron chi connectivity index (χ0n) is 12.8. The van der Waals surface area contributed by atoms with Gasteiger partial charge in [-0.1, -0.05) is 30.3 Å². The maximum atomic E-state index is 12.0. The molecule has 0 unspecified atom stereocenters. The van der Waals surface area contributed by atoms with Crippen LogP contribution in [-0.2, 0) is 27.2 Å². The van der Waals surface area contributed by atoms with Gasteiger partial charge in [0.2, 0.25) is 11.8 Å². The van der Waals surface area contributed by atoms with Gasteiger partial charge in [0, 0.05) is 18.9 Å². The lowest BCUT2D eigenvalue weighted by Gasteiger charge is -2.13. The molecule has 2 amide bonds. The van der Waals surface area contributed by atoms with Gasteiger partial charge in [-0.25, -0.2) is 4.98 Å². The molecule has 0 saturated heterocycles. The molecule has 2 rings (SSSR count). The number of nitrogens with one attached hydrogen (secondary N) is 1. The fraction of sp³-hybridized carbons (Fsp3) is 0.312. The Morgan fingerprint density at radius 2 is 2.09 bits per heavy atom. The fourth-order valence-electron chi connectivity index (χ4n) is 2.05. The van der Waals surface area contributed by atoms with E-state index in [1.165, 1.54) is 24.0 Å². The molecule has 1 atom stereocenters. The van der Waals surface area contributed by atoms with Gasteiger partial charge in [-0.2, -0.15) is 0 Å². The molecule has 23 heavy (non-hydrogen) atoms. The highest BCUT2D eigenvalue weighted by Gasteiger charge is 2.18. The number of carbonyl (C=O) groups is 2. The normalized spacial score (nSPS) is 11.9. The van der Waals surface area contributed by atoms with E-state index in [9.17, 15) is 9.59 Å². The molecule has 3 N–H and O–H groups in total. The van der Waals surface area contributed by atoms with Crippen molar-refractivity contribution >= 4 is 23.2 Å². The summed E-state index contributed by atoms with van der Waals surface area (Å²) < 4.78 is 4.86. The molecule has 6 nitrogen and oxygen atoms in total. The van der Waals surface area contributed by atoms with Crippen LogP contribution in [-0.4, -0.2) is 36.6 Å². The number of nitrogens with zero attached hydrogens (tertiary/aromatic N) is 1. The average Bonchev–Trinajstić information content (AvgIpc) is 2.94. The third kappa shape index (κ3) is 5.46. The average molecular weight is 333 g/mol. The first-order valence-electron chi connectivity index (χ1n) is 7.13. The standard InChI is InChI=1S/C16H19N3O3S/c1-22-9-13(16(17)21)19-14(20)8-12-10-23-15(18-12)7-11-5-3-2-4-6-11/h2-6,10,13H,7-9H2,1H3,(H2,17,21)(H,19,20)/t13-/m1/s1. The molecule has 7 heteroatoms. The number of benzene rings is 1. The third-order valence-corrected chi connectivity index (χ3v) is 4.05. The van der Waals surface area contributed by atoms with Crippen LogP contribution in [0.15, 0.2) is 35.7 Å². The molecule has 0 aliphatic carbocycles. The van der Waals surface area contributed by atoms with Crippen LogP contribution >= 0.6 is 11.3 Å². The molecule has 0 saturated carbocycles. The molecule has 0 aliphatic rings. The lowest BCUT2D eigenvalue weighted by Crippen LogP contribution is -2.47. The summed E-state index contributed by atoms with van der Waals surface area (Å²) in [6.45, 7) is 0.0530. The number of rotatable bonds is 8. The second-order valence-corrected chi connectivity index (χ2v) is 5.99. The Labute approximate surface area is 138 Å². The molecular weight excluding hydrogens is 314 g/mol. The summed E-state index contributed by atoms with van der Waals surface area (Å²) in [5.74, 6) is -0.925. The molecule has 1 heterocycles. The van der Waals surface area contributed by atoms with Crippen LogP contribution in [0, 0.1) is 0 Å². The highest BCUT2D eigenvalue weighted by molar-refractivity contribution is 7.09. The SMILES string of the molecule is COC[C@@H](NC(=O)Cc1csc(Cc2ccccc2)n1)C(N)=O. The van der Waals surface area contributed by atoms with Gasteiger partial charge in [0.25, 0.3) is 0 Å². The lowest BCUT2D eigenvalue weighted by atomic mass is 10.2. The zero-order valence-corrected chi connectivity index (χ0v) is 13.6. The number of methoxy groups -OCH3 is 1. The number of amides is 2. The summed E-state index contributed by atoms with van der Waals surface area (Å²) in [6, 6.07) is 9.19. The van der Waals surface area contributed by atoms with Crippen molar-refractivity contribution in [1.82, 2.24) is 10.3 Å². The Kier molecular flexibility index (Phi) is 6.25. The van der Waals surface area contributed by atoms with Crippen LogP contribution < -0.4 is 11.1 Å². The predicted octanol–water partition coefficient (Wildman–Crippen LogP) is 0.893. The predicted molar refractivity (Wildman–Crippen MR) is 88.1 cm³/mol. The second kappa shape index (κ2) is 8.40.